The number of amides is 1. The summed E-state index contributed by atoms with van der Waals surface area (Å²) < 4.78 is 1.76. The Labute approximate surface area is 151 Å². The van der Waals surface area contributed by atoms with E-state index in [2.05, 4.69) is 20.6 Å². The summed E-state index contributed by atoms with van der Waals surface area (Å²) in [5, 5.41) is 20.7. The Kier molecular flexibility index (Phi) is 4.21. The van der Waals surface area contributed by atoms with Crippen molar-refractivity contribution in [3.63, 3.8) is 0 Å². The smallest absolute Gasteiger partial charge is 0.221 e. The van der Waals surface area contributed by atoms with Crippen molar-refractivity contribution in [1.82, 2.24) is 19.8 Å². The fourth-order valence-electron chi connectivity index (χ4n) is 2.33. The van der Waals surface area contributed by atoms with Crippen molar-refractivity contribution in [2.45, 2.75) is 16.8 Å². The molecule has 0 aliphatic rings. The zero-order valence-corrected chi connectivity index (χ0v) is 14.8. The molecule has 0 fully saturated rings. The number of hydrogen-bond acceptors (Lipinski definition) is 6. The van der Waals surface area contributed by atoms with Crippen molar-refractivity contribution in [3.8, 4) is 11.4 Å². The van der Waals surface area contributed by atoms with Crippen molar-refractivity contribution in [3.05, 3.63) is 53.2 Å². The molecular formula is C17H13N5OS2. The van der Waals surface area contributed by atoms with Crippen LogP contribution in [0.1, 0.15) is 6.92 Å². The Hall–Kier alpha value is -2.71. The topological polar surface area (TPSA) is 72.2 Å². The number of nitrogens with zero attached hydrogens (tertiary/aromatic N) is 4. The van der Waals surface area contributed by atoms with Crippen LogP contribution >= 0.6 is 23.1 Å². The maximum absolute atomic E-state index is 11.1. The second kappa shape index (κ2) is 6.66. The number of hydrogen-bond donors (Lipinski definition) is 1. The van der Waals surface area contributed by atoms with Gasteiger partial charge < -0.3 is 5.32 Å². The van der Waals surface area contributed by atoms with Crippen LogP contribution in [0.15, 0.2) is 63.1 Å². The fraction of sp³-hybridized carbons (Fsp3) is 0.0588. The minimum Gasteiger partial charge on any atom is -0.326 e. The van der Waals surface area contributed by atoms with E-state index in [4.69, 9.17) is 0 Å². The van der Waals surface area contributed by atoms with Crippen LogP contribution in [0.2, 0.25) is 0 Å². The summed E-state index contributed by atoms with van der Waals surface area (Å²) in [6.45, 7) is 1.49. The van der Waals surface area contributed by atoms with E-state index in [-0.39, 0.29) is 5.91 Å². The van der Waals surface area contributed by atoms with Crippen molar-refractivity contribution in [2.75, 3.05) is 5.32 Å². The number of carbonyl (C=O) groups excluding carboxylic acids is 1. The molecule has 8 heteroatoms. The zero-order chi connectivity index (χ0) is 17.2. The summed E-state index contributed by atoms with van der Waals surface area (Å²) in [6.07, 6.45) is 0. The third-order valence-electron chi connectivity index (χ3n) is 3.41. The van der Waals surface area contributed by atoms with E-state index in [1.165, 1.54) is 6.92 Å². The van der Waals surface area contributed by atoms with Gasteiger partial charge in [-0.2, -0.15) is 21.0 Å². The number of aromatic nitrogens is 4. The number of benzene rings is 1. The summed E-state index contributed by atoms with van der Waals surface area (Å²) in [6, 6.07) is 13.5. The maximum Gasteiger partial charge on any atom is 0.221 e. The van der Waals surface area contributed by atoms with Crippen molar-refractivity contribution < 1.29 is 4.79 Å². The first-order chi connectivity index (χ1) is 12.2. The van der Waals surface area contributed by atoms with Gasteiger partial charge in [0.25, 0.3) is 0 Å². The molecule has 0 radical (unpaired) electrons. The zero-order valence-electron chi connectivity index (χ0n) is 13.2. The minimum absolute atomic E-state index is 0.0823. The highest BCUT2D eigenvalue weighted by molar-refractivity contribution is 7.99. The van der Waals surface area contributed by atoms with E-state index in [0.717, 1.165) is 27.0 Å². The number of rotatable bonds is 4. The molecule has 0 bridgehead atoms. The molecule has 0 aliphatic heterocycles. The van der Waals surface area contributed by atoms with Gasteiger partial charge in [-0.1, -0.05) is 11.8 Å². The van der Waals surface area contributed by atoms with Crippen LogP contribution < -0.4 is 5.32 Å². The van der Waals surface area contributed by atoms with Gasteiger partial charge in [-0.3, -0.25) is 4.79 Å². The molecule has 4 rings (SSSR count). The van der Waals surface area contributed by atoms with Gasteiger partial charge >= 0.3 is 0 Å². The lowest BCUT2D eigenvalue weighted by atomic mass is 10.3. The molecule has 3 aromatic heterocycles. The third kappa shape index (κ3) is 3.40. The number of thiophene rings is 1. The monoisotopic (exact) mass is 367 g/mol. The van der Waals surface area contributed by atoms with Crippen molar-refractivity contribution >= 4 is 40.3 Å². The number of carbonyl (C=O) groups is 1. The van der Waals surface area contributed by atoms with E-state index < -0.39 is 0 Å². The van der Waals surface area contributed by atoms with Gasteiger partial charge in [-0.05, 0) is 47.8 Å². The summed E-state index contributed by atoms with van der Waals surface area (Å²) in [7, 11) is 0. The first-order valence-electron chi connectivity index (χ1n) is 7.49. The highest BCUT2D eigenvalue weighted by Crippen LogP contribution is 2.28. The molecular weight excluding hydrogens is 354 g/mol. The van der Waals surface area contributed by atoms with E-state index in [0.29, 0.717) is 5.65 Å². The summed E-state index contributed by atoms with van der Waals surface area (Å²) in [4.78, 5) is 12.1. The van der Waals surface area contributed by atoms with Crippen LogP contribution in [0.3, 0.4) is 0 Å². The van der Waals surface area contributed by atoms with E-state index in [1.807, 2.05) is 53.2 Å². The molecule has 0 aliphatic carbocycles. The third-order valence-corrected chi connectivity index (χ3v) is 5.03. The first kappa shape index (κ1) is 15.8. The molecule has 25 heavy (non-hydrogen) atoms. The van der Waals surface area contributed by atoms with Crippen molar-refractivity contribution in [1.29, 1.82) is 0 Å². The molecule has 6 nitrogen and oxygen atoms in total. The quantitative estimate of drug-likeness (QED) is 0.591. The highest BCUT2D eigenvalue weighted by Gasteiger charge is 2.11. The Bertz CT molecular complexity index is 1030. The Morgan fingerprint density at radius 3 is 2.68 bits per heavy atom. The first-order valence-corrected chi connectivity index (χ1v) is 9.25. The standard InChI is InChI=1S/C17H13N5OS2/c1-11(23)18-13-2-4-14(5-3-13)25-16-7-6-15-19-20-17(22(15)21-16)12-8-9-24-10-12/h2-10H,1H3,(H,18,23). The Morgan fingerprint density at radius 2 is 1.96 bits per heavy atom. The lowest BCUT2D eigenvalue weighted by Gasteiger charge is -2.05. The molecule has 0 saturated carbocycles. The number of nitrogens with one attached hydrogen (secondary N) is 1. The lowest BCUT2D eigenvalue weighted by Crippen LogP contribution is -2.05. The molecule has 3 heterocycles. The van der Waals surface area contributed by atoms with Gasteiger partial charge in [-0.15, -0.1) is 10.2 Å². The lowest BCUT2D eigenvalue weighted by molar-refractivity contribution is -0.114. The van der Waals surface area contributed by atoms with E-state index >= 15 is 0 Å². The summed E-state index contributed by atoms with van der Waals surface area (Å²) >= 11 is 3.16. The maximum atomic E-state index is 11.1. The Balaban J connectivity index is 1.61. The van der Waals surface area contributed by atoms with Gasteiger partial charge in [0.1, 0.15) is 5.03 Å². The molecule has 0 spiro atoms. The van der Waals surface area contributed by atoms with Gasteiger partial charge in [0.15, 0.2) is 11.5 Å². The second-order valence-electron chi connectivity index (χ2n) is 5.28. The highest BCUT2D eigenvalue weighted by atomic mass is 32.2. The van der Waals surface area contributed by atoms with Crippen molar-refractivity contribution in [2.24, 2.45) is 0 Å². The van der Waals surface area contributed by atoms with Crippen LogP contribution in [-0.2, 0) is 4.79 Å². The predicted molar refractivity (Wildman–Crippen MR) is 99.0 cm³/mol. The van der Waals surface area contributed by atoms with Crippen LogP contribution in [-0.4, -0.2) is 25.7 Å². The minimum atomic E-state index is -0.0823. The largest absolute Gasteiger partial charge is 0.326 e. The molecule has 1 amide bonds. The van der Waals surface area contributed by atoms with Crippen LogP contribution in [0.4, 0.5) is 5.69 Å². The van der Waals surface area contributed by atoms with Crippen LogP contribution in [0.25, 0.3) is 17.0 Å². The molecule has 124 valence electrons. The predicted octanol–water partition coefficient (Wildman–Crippen LogP) is 3.96. The number of fused-ring (bicyclic) bond motifs is 1. The van der Waals surface area contributed by atoms with Crippen LogP contribution in [0, 0.1) is 0 Å². The van der Waals surface area contributed by atoms with E-state index in [1.54, 1.807) is 27.6 Å². The Morgan fingerprint density at radius 1 is 1.12 bits per heavy atom. The normalized spacial score (nSPS) is 10.9. The SMILES string of the molecule is CC(=O)Nc1ccc(Sc2ccc3nnc(-c4ccsc4)n3n2)cc1. The van der Waals surface area contributed by atoms with Gasteiger partial charge in [0, 0.05) is 28.5 Å². The van der Waals surface area contributed by atoms with E-state index in [9.17, 15) is 4.79 Å². The van der Waals surface area contributed by atoms with Crippen LogP contribution in [0.5, 0.6) is 0 Å². The number of anilines is 1. The average Bonchev–Trinajstić information content (AvgIpc) is 3.25. The van der Waals surface area contributed by atoms with Gasteiger partial charge in [0.05, 0.1) is 0 Å². The fourth-order valence-corrected chi connectivity index (χ4v) is 3.74. The summed E-state index contributed by atoms with van der Waals surface area (Å²) in [5.74, 6) is 0.654. The second-order valence-corrected chi connectivity index (χ2v) is 7.16. The molecule has 0 atom stereocenters. The molecule has 0 saturated heterocycles. The average molecular weight is 367 g/mol. The molecule has 1 aromatic carbocycles. The molecule has 1 N–H and O–H groups in total. The summed E-state index contributed by atoms with van der Waals surface area (Å²) in [5.41, 5.74) is 2.50. The molecule has 4 aromatic rings. The molecule has 0 unspecified atom stereocenters. The van der Waals surface area contributed by atoms with Gasteiger partial charge in [-0.25, -0.2) is 0 Å². The van der Waals surface area contributed by atoms with Gasteiger partial charge in [0.2, 0.25) is 5.91 Å².